The topological polar surface area (TPSA) is 78.1 Å². The number of hydrogen-bond acceptors (Lipinski definition) is 6. The Morgan fingerprint density at radius 2 is 2.09 bits per heavy atom. The summed E-state index contributed by atoms with van der Waals surface area (Å²) in [6.07, 6.45) is 0. The van der Waals surface area contributed by atoms with Crippen LogP contribution in [0.2, 0.25) is 0 Å². The van der Waals surface area contributed by atoms with E-state index in [9.17, 15) is 4.79 Å². The van der Waals surface area contributed by atoms with Crippen molar-refractivity contribution in [3.63, 3.8) is 0 Å². The van der Waals surface area contributed by atoms with Crippen molar-refractivity contribution in [2.75, 3.05) is 12.3 Å². The molecule has 0 saturated heterocycles. The maximum absolute atomic E-state index is 12.0. The Hall–Kier alpha value is -2.47. The molecule has 0 radical (unpaired) electrons. The van der Waals surface area contributed by atoms with E-state index in [1.807, 2.05) is 38.1 Å². The zero-order chi connectivity index (χ0) is 16.6. The average molecular weight is 327 g/mol. The fraction of sp³-hybridized carbons (Fsp3) is 0.235. The van der Waals surface area contributed by atoms with E-state index in [2.05, 4.69) is 9.97 Å². The third kappa shape index (κ3) is 2.77. The molecule has 1 aromatic carbocycles. The quantitative estimate of drug-likeness (QED) is 0.742. The summed E-state index contributed by atoms with van der Waals surface area (Å²) >= 11 is 1.29. The van der Waals surface area contributed by atoms with Gasteiger partial charge >= 0.3 is 5.97 Å². The highest BCUT2D eigenvalue weighted by atomic mass is 32.1. The number of aromatic nitrogens is 2. The number of fused-ring (bicyclic) bond motifs is 1. The number of carbonyl (C=O) groups is 1. The predicted octanol–water partition coefficient (Wildman–Crippen LogP) is 3.73. The predicted molar refractivity (Wildman–Crippen MR) is 92.7 cm³/mol. The number of hydrogen-bond donors (Lipinski definition) is 1. The monoisotopic (exact) mass is 327 g/mol. The Labute approximate surface area is 138 Å². The second-order valence-electron chi connectivity index (χ2n) is 5.26. The summed E-state index contributed by atoms with van der Waals surface area (Å²) in [5.41, 5.74) is 8.93. The summed E-state index contributed by atoms with van der Waals surface area (Å²) in [6.45, 7) is 5.98. The number of nitrogens with two attached hydrogens (primary N) is 1. The molecule has 3 rings (SSSR count). The minimum Gasteiger partial charge on any atom is -0.462 e. The summed E-state index contributed by atoms with van der Waals surface area (Å²) < 4.78 is 5.09. The SMILES string of the molecule is CCOC(=O)c1sc2nc(-c3cccc(C)c3)nc(N)c2c1C. The van der Waals surface area contributed by atoms with Crippen molar-refractivity contribution in [3.8, 4) is 11.4 Å². The molecule has 0 bridgehead atoms. The smallest absolute Gasteiger partial charge is 0.348 e. The van der Waals surface area contributed by atoms with E-state index in [1.165, 1.54) is 11.3 Å². The number of nitrogens with zero attached hydrogens (tertiary/aromatic N) is 2. The lowest BCUT2D eigenvalue weighted by Crippen LogP contribution is -2.03. The molecule has 0 fully saturated rings. The molecule has 5 nitrogen and oxygen atoms in total. The van der Waals surface area contributed by atoms with Crippen LogP contribution in [0.1, 0.15) is 27.7 Å². The van der Waals surface area contributed by atoms with Crippen LogP contribution in [0.15, 0.2) is 24.3 Å². The Morgan fingerprint density at radius 1 is 1.30 bits per heavy atom. The Morgan fingerprint density at radius 3 is 2.78 bits per heavy atom. The number of esters is 1. The number of rotatable bonds is 3. The maximum Gasteiger partial charge on any atom is 0.348 e. The summed E-state index contributed by atoms with van der Waals surface area (Å²) in [5.74, 6) is 0.607. The van der Waals surface area contributed by atoms with Crippen molar-refractivity contribution < 1.29 is 9.53 Å². The second kappa shape index (κ2) is 5.96. The number of ether oxygens (including phenoxy) is 1. The number of nitrogen functional groups attached to an aromatic ring is 1. The van der Waals surface area contributed by atoms with Gasteiger partial charge in [-0.1, -0.05) is 23.8 Å². The van der Waals surface area contributed by atoms with Gasteiger partial charge in [-0.2, -0.15) is 0 Å². The maximum atomic E-state index is 12.0. The minimum atomic E-state index is -0.343. The molecule has 3 aromatic rings. The lowest BCUT2D eigenvalue weighted by molar-refractivity contribution is 0.0531. The van der Waals surface area contributed by atoms with Crippen molar-refractivity contribution in [2.45, 2.75) is 20.8 Å². The number of thiophene rings is 1. The molecule has 0 saturated carbocycles. The number of benzene rings is 1. The van der Waals surface area contributed by atoms with Gasteiger partial charge in [0, 0.05) is 5.56 Å². The molecule has 0 atom stereocenters. The van der Waals surface area contributed by atoms with E-state index in [-0.39, 0.29) is 5.97 Å². The van der Waals surface area contributed by atoms with Crippen molar-refractivity contribution in [2.24, 2.45) is 0 Å². The largest absolute Gasteiger partial charge is 0.462 e. The first kappa shape index (κ1) is 15.4. The van der Waals surface area contributed by atoms with Gasteiger partial charge in [-0.05, 0) is 32.4 Å². The van der Waals surface area contributed by atoms with Gasteiger partial charge in [-0.25, -0.2) is 14.8 Å². The van der Waals surface area contributed by atoms with Crippen LogP contribution in [0.25, 0.3) is 21.6 Å². The Bertz CT molecular complexity index is 902. The van der Waals surface area contributed by atoms with Gasteiger partial charge in [-0.15, -0.1) is 11.3 Å². The molecular formula is C17H17N3O2S. The van der Waals surface area contributed by atoms with Crippen LogP contribution in [0, 0.1) is 13.8 Å². The van der Waals surface area contributed by atoms with Crippen LogP contribution in [0.5, 0.6) is 0 Å². The molecule has 0 amide bonds. The highest BCUT2D eigenvalue weighted by Crippen LogP contribution is 2.34. The fourth-order valence-electron chi connectivity index (χ4n) is 2.47. The van der Waals surface area contributed by atoms with Crippen molar-refractivity contribution in [1.82, 2.24) is 9.97 Å². The number of carbonyl (C=O) groups excluding carboxylic acids is 1. The van der Waals surface area contributed by atoms with Gasteiger partial charge in [0.15, 0.2) is 5.82 Å². The zero-order valence-corrected chi connectivity index (χ0v) is 14.0. The number of aryl methyl sites for hydroxylation is 2. The van der Waals surface area contributed by atoms with Gasteiger partial charge in [0.25, 0.3) is 0 Å². The summed E-state index contributed by atoms with van der Waals surface area (Å²) in [5, 5.41) is 0.731. The van der Waals surface area contributed by atoms with Gasteiger partial charge in [0.2, 0.25) is 0 Å². The average Bonchev–Trinajstić information content (AvgIpc) is 2.85. The normalized spacial score (nSPS) is 10.9. The Balaban J connectivity index is 2.17. The third-order valence-electron chi connectivity index (χ3n) is 3.56. The van der Waals surface area contributed by atoms with E-state index in [0.29, 0.717) is 28.0 Å². The van der Waals surface area contributed by atoms with Crippen LogP contribution in [-0.4, -0.2) is 22.5 Å². The molecule has 0 unspecified atom stereocenters. The lowest BCUT2D eigenvalue weighted by atomic mass is 10.1. The molecule has 0 aliphatic heterocycles. The highest BCUT2D eigenvalue weighted by molar-refractivity contribution is 7.20. The summed E-state index contributed by atoms with van der Waals surface area (Å²) in [4.78, 5) is 22.3. The zero-order valence-electron chi connectivity index (χ0n) is 13.2. The molecule has 2 aromatic heterocycles. The van der Waals surface area contributed by atoms with Crippen LogP contribution >= 0.6 is 11.3 Å². The van der Waals surface area contributed by atoms with E-state index >= 15 is 0 Å². The lowest BCUT2D eigenvalue weighted by Gasteiger charge is -2.04. The van der Waals surface area contributed by atoms with Gasteiger partial charge < -0.3 is 10.5 Å². The Kier molecular flexibility index (Phi) is 4.00. The molecular weight excluding hydrogens is 310 g/mol. The molecule has 2 N–H and O–H groups in total. The first-order valence-corrected chi connectivity index (χ1v) is 8.13. The minimum absolute atomic E-state index is 0.336. The van der Waals surface area contributed by atoms with Crippen LogP contribution in [0.3, 0.4) is 0 Å². The van der Waals surface area contributed by atoms with E-state index in [1.54, 1.807) is 6.92 Å². The molecule has 2 heterocycles. The first-order valence-electron chi connectivity index (χ1n) is 7.32. The molecule has 0 aliphatic rings. The van der Waals surface area contributed by atoms with Crippen LogP contribution < -0.4 is 5.73 Å². The summed E-state index contributed by atoms with van der Waals surface area (Å²) in [7, 11) is 0. The molecule has 0 aliphatic carbocycles. The number of anilines is 1. The summed E-state index contributed by atoms with van der Waals surface area (Å²) in [6, 6.07) is 7.92. The molecule has 23 heavy (non-hydrogen) atoms. The van der Waals surface area contributed by atoms with Crippen molar-refractivity contribution in [3.05, 3.63) is 40.3 Å². The molecule has 0 spiro atoms. The van der Waals surface area contributed by atoms with Gasteiger partial charge in [-0.3, -0.25) is 0 Å². The van der Waals surface area contributed by atoms with Crippen LogP contribution in [0.4, 0.5) is 5.82 Å². The third-order valence-corrected chi connectivity index (χ3v) is 4.72. The standard InChI is InChI=1S/C17H17N3O2S/c1-4-22-17(21)13-10(3)12-14(18)19-15(20-16(12)23-13)11-7-5-6-9(2)8-11/h5-8H,4H2,1-3H3,(H2,18,19,20). The second-order valence-corrected chi connectivity index (χ2v) is 6.26. The first-order chi connectivity index (χ1) is 11.0. The van der Waals surface area contributed by atoms with E-state index in [4.69, 9.17) is 10.5 Å². The van der Waals surface area contributed by atoms with Gasteiger partial charge in [0.1, 0.15) is 15.5 Å². The highest BCUT2D eigenvalue weighted by Gasteiger charge is 2.20. The fourth-order valence-corrected chi connectivity index (χ4v) is 3.56. The van der Waals surface area contributed by atoms with E-state index in [0.717, 1.165) is 22.1 Å². The van der Waals surface area contributed by atoms with Crippen LogP contribution in [-0.2, 0) is 4.74 Å². The molecule has 6 heteroatoms. The van der Waals surface area contributed by atoms with Crippen molar-refractivity contribution in [1.29, 1.82) is 0 Å². The van der Waals surface area contributed by atoms with E-state index < -0.39 is 0 Å². The van der Waals surface area contributed by atoms with Gasteiger partial charge in [0.05, 0.1) is 12.0 Å². The molecule has 118 valence electrons. The van der Waals surface area contributed by atoms with Crippen molar-refractivity contribution >= 4 is 33.3 Å².